The maximum absolute atomic E-state index is 12.6. The number of carbonyl (C=O) groups excluding carboxylic acids is 3. The summed E-state index contributed by atoms with van der Waals surface area (Å²) in [6.45, 7) is 5.18. The number of hydrogen-bond donors (Lipinski definition) is 4. The van der Waals surface area contributed by atoms with Gasteiger partial charge in [0.05, 0.1) is 18.8 Å². The SMILES string of the molecule is CCCCOC(=O)NC[C@H]1CC[C@H](C(=O)N[C@@H](Cc2ccccc2)C(=O)O)CC1.CCOC(=O)c1ccc(N)cc1. The molecular formula is C31H43N3O7. The van der Waals surface area contributed by atoms with Gasteiger partial charge >= 0.3 is 18.0 Å². The second-order valence-electron chi connectivity index (χ2n) is 10.0. The van der Waals surface area contributed by atoms with E-state index < -0.39 is 12.0 Å². The van der Waals surface area contributed by atoms with Gasteiger partial charge in [-0.25, -0.2) is 14.4 Å². The summed E-state index contributed by atoms with van der Waals surface area (Å²) in [6, 6.07) is 15.0. The Labute approximate surface area is 242 Å². The Morgan fingerprint density at radius 3 is 2.20 bits per heavy atom. The number of nitrogen functional groups attached to an aromatic ring is 1. The van der Waals surface area contributed by atoms with Crippen LogP contribution in [-0.4, -0.2) is 54.8 Å². The number of nitrogens with two attached hydrogens (primary N) is 1. The van der Waals surface area contributed by atoms with E-state index in [-0.39, 0.29) is 30.3 Å². The summed E-state index contributed by atoms with van der Waals surface area (Å²) in [5.41, 5.74) is 7.50. The fourth-order valence-corrected chi connectivity index (χ4v) is 4.39. The third kappa shape index (κ3) is 12.8. The van der Waals surface area contributed by atoms with Gasteiger partial charge in [-0.05, 0) is 74.8 Å². The highest BCUT2D eigenvalue weighted by molar-refractivity contribution is 5.89. The predicted molar refractivity (Wildman–Crippen MR) is 156 cm³/mol. The highest BCUT2D eigenvalue weighted by atomic mass is 16.5. The zero-order chi connectivity index (χ0) is 30.0. The lowest BCUT2D eigenvalue weighted by Gasteiger charge is -2.28. The van der Waals surface area contributed by atoms with Gasteiger partial charge < -0.3 is 30.9 Å². The van der Waals surface area contributed by atoms with E-state index in [9.17, 15) is 24.3 Å². The van der Waals surface area contributed by atoms with Crippen molar-refractivity contribution in [1.29, 1.82) is 0 Å². The van der Waals surface area contributed by atoms with Crippen molar-refractivity contribution in [1.82, 2.24) is 10.6 Å². The minimum atomic E-state index is -1.03. The first-order chi connectivity index (χ1) is 19.7. The topological polar surface area (TPSA) is 157 Å². The number of anilines is 1. The van der Waals surface area contributed by atoms with E-state index in [0.29, 0.717) is 49.8 Å². The van der Waals surface area contributed by atoms with Crippen LogP contribution in [0, 0.1) is 11.8 Å². The molecule has 1 atom stereocenters. The Morgan fingerprint density at radius 2 is 1.61 bits per heavy atom. The van der Waals surface area contributed by atoms with E-state index in [1.165, 1.54) is 0 Å². The molecule has 0 bridgehead atoms. The zero-order valence-electron chi connectivity index (χ0n) is 24.0. The van der Waals surface area contributed by atoms with Gasteiger partial charge in [0.25, 0.3) is 0 Å². The molecule has 10 heteroatoms. The molecule has 0 aromatic heterocycles. The minimum Gasteiger partial charge on any atom is -0.480 e. The largest absolute Gasteiger partial charge is 0.480 e. The van der Waals surface area contributed by atoms with Crippen LogP contribution in [0.5, 0.6) is 0 Å². The van der Waals surface area contributed by atoms with Gasteiger partial charge in [0, 0.05) is 24.6 Å². The van der Waals surface area contributed by atoms with Crippen molar-refractivity contribution < 1.29 is 33.8 Å². The van der Waals surface area contributed by atoms with Gasteiger partial charge in [0.1, 0.15) is 6.04 Å². The van der Waals surface area contributed by atoms with Gasteiger partial charge in [-0.1, -0.05) is 43.7 Å². The van der Waals surface area contributed by atoms with Crippen molar-refractivity contribution in [3.05, 3.63) is 65.7 Å². The number of ether oxygens (including phenoxy) is 2. The zero-order valence-corrected chi connectivity index (χ0v) is 24.0. The number of hydrogen-bond acceptors (Lipinski definition) is 7. The van der Waals surface area contributed by atoms with Gasteiger partial charge in [-0.2, -0.15) is 0 Å². The van der Waals surface area contributed by atoms with Crippen LogP contribution in [0.3, 0.4) is 0 Å². The number of carbonyl (C=O) groups is 4. The number of unbranched alkanes of at least 4 members (excludes halogenated alkanes) is 1. The monoisotopic (exact) mass is 569 g/mol. The first-order valence-corrected chi connectivity index (χ1v) is 14.2. The molecule has 1 saturated carbocycles. The first kappa shape index (κ1) is 33.1. The standard InChI is InChI=1S/C22H32N2O5.C9H11NO2/c1-2-3-13-29-22(28)23-15-17-9-11-18(12-10-17)20(25)24-19(21(26)27)14-16-7-5-4-6-8-16;1-2-12-9(11)7-3-5-8(10)6-4-7/h4-8,17-19H,2-3,9-15H2,1H3,(H,23,28)(H,24,25)(H,26,27);3-6H,2,10H2,1H3/t17-,18-,19-;/m0./s1. The van der Waals surface area contributed by atoms with Crippen LogP contribution in [0.2, 0.25) is 0 Å². The molecule has 1 aliphatic carbocycles. The predicted octanol–water partition coefficient (Wildman–Crippen LogP) is 4.58. The molecule has 5 N–H and O–H groups in total. The van der Waals surface area contributed by atoms with Gasteiger partial charge in [-0.15, -0.1) is 0 Å². The molecule has 2 aromatic rings. The van der Waals surface area contributed by atoms with Crippen LogP contribution in [-0.2, 0) is 25.5 Å². The summed E-state index contributed by atoms with van der Waals surface area (Å²) in [6.07, 6.45) is 4.75. The fourth-order valence-electron chi connectivity index (χ4n) is 4.39. The van der Waals surface area contributed by atoms with E-state index in [2.05, 4.69) is 10.6 Å². The van der Waals surface area contributed by atoms with E-state index in [0.717, 1.165) is 31.2 Å². The molecular weight excluding hydrogens is 526 g/mol. The Morgan fingerprint density at radius 1 is 0.951 bits per heavy atom. The maximum Gasteiger partial charge on any atom is 0.407 e. The number of nitrogens with one attached hydrogen (secondary N) is 2. The third-order valence-electron chi connectivity index (χ3n) is 6.80. The second-order valence-corrected chi connectivity index (χ2v) is 10.0. The summed E-state index contributed by atoms with van der Waals surface area (Å²) < 4.78 is 9.87. The molecule has 0 saturated heterocycles. The van der Waals surface area contributed by atoms with Crippen LogP contribution in [0.15, 0.2) is 54.6 Å². The lowest BCUT2D eigenvalue weighted by Crippen LogP contribution is -2.45. The highest BCUT2D eigenvalue weighted by Gasteiger charge is 2.29. The Bertz CT molecular complexity index is 1080. The van der Waals surface area contributed by atoms with E-state index >= 15 is 0 Å². The van der Waals surface area contributed by atoms with E-state index in [1.807, 2.05) is 37.3 Å². The summed E-state index contributed by atoms with van der Waals surface area (Å²) in [4.78, 5) is 46.8. The smallest absolute Gasteiger partial charge is 0.407 e. The molecule has 0 aliphatic heterocycles. The molecule has 3 rings (SSSR count). The Kier molecular flexibility index (Phi) is 14.8. The summed E-state index contributed by atoms with van der Waals surface area (Å²) in [5, 5.41) is 14.9. The van der Waals surface area contributed by atoms with Crippen molar-refractivity contribution in [2.24, 2.45) is 11.8 Å². The average Bonchev–Trinajstić information content (AvgIpc) is 2.97. The van der Waals surface area contributed by atoms with Crippen molar-refractivity contribution in [2.75, 3.05) is 25.5 Å². The number of alkyl carbamates (subject to hydrolysis) is 1. The van der Waals surface area contributed by atoms with Crippen LogP contribution in [0.25, 0.3) is 0 Å². The van der Waals surface area contributed by atoms with Crippen LogP contribution in [0.4, 0.5) is 10.5 Å². The van der Waals surface area contributed by atoms with Crippen LogP contribution < -0.4 is 16.4 Å². The summed E-state index contributed by atoms with van der Waals surface area (Å²) in [7, 11) is 0. The molecule has 2 amide bonds. The molecule has 0 unspecified atom stereocenters. The third-order valence-corrected chi connectivity index (χ3v) is 6.80. The average molecular weight is 570 g/mol. The number of amides is 2. The van der Waals surface area contributed by atoms with E-state index in [1.54, 1.807) is 31.2 Å². The number of carboxylic acids is 1. The number of carboxylic acid groups (broad SMARTS) is 1. The van der Waals surface area contributed by atoms with Gasteiger partial charge in [0.15, 0.2) is 0 Å². The van der Waals surface area contributed by atoms with Gasteiger partial charge in [-0.3, -0.25) is 4.79 Å². The molecule has 2 aromatic carbocycles. The van der Waals surface area contributed by atoms with Crippen LogP contribution in [0.1, 0.15) is 68.3 Å². The quantitative estimate of drug-likeness (QED) is 0.164. The van der Waals surface area contributed by atoms with Crippen molar-refractivity contribution in [2.45, 2.75) is 64.8 Å². The van der Waals surface area contributed by atoms with Crippen molar-refractivity contribution in [3.8, 4) is 0 Å². The molecule has 41 heavy (non-hydrogen) atoms. The maximum atomic E-state index is 12.6. The lowest BCUT2D eigenvalue weighted by molar-refractivity contribution is -0.142. The number of rotatable bonds is 12. The number of esters is 1. The lowest BCUT2D eigenvalue weighted by atomic mass is 9.81. The molecule has 0 spiro atoms. The second kappa shape index (κ2) is 18.3. The van der Waals surface area contributed by atoms with E-state index in [4.69, 9.17) is 15.2 Å². The fraction of sp³-hybridized carbons (Fsp3) is 0.484. The molecule has 1 fully saturated rings. The molecule has 10 nitrogen and oxygen atoms in total. The minimum absolute atomic E-state index is 0.180. The highest BCUT2D eigenvalue weighted by Crippen LogP contribution is 2.28. The molecule has 1 aliphatic rings. The van der Waals surface area contributed by atoms with Crippen molar-refractivity contribution in [3.63, 3.8) is 0 Å². The molecule has 0 heterocycles. The van der Waals surface area contributed by atoms with Crippen molar-refractivity contribution >= 4 is 29.6 Å². The normalized spacial score (nSPS) is 16.7. The number of aliphatic carboxylic acids is 1. The van der Waals surface area contributed by atoms with Crippen LogP contribution >= 0.6 is 0 Å². The Balaban J connectivity index is 0.000000408. The summed E-state index contributed by atoms with van der Waals surface area (Å²) in [5.74, 6) is -1.39. The molecule has 224 valence electrons. The first-order valence-electron chi connectivity index (χ1n) is 14.2. The Hall–Kier alpha value is -4.08. The number of benzene rings is 2. The van der Waals surface area contributed by atoms with Gasteiger partial charge in [0.2, 0.25) is 5.91 Å². The summed E-state index contributed by atoms with van der Waals surface area (Å²) >= 11 is 0. The molecule has 0 radical (unpaired) electrons.